The molecule has 0 amide bonds. The molecule has 1 heterocycles. The lowest BCUT2D eigenvalue weighted by atomic mass is 9.87. The quantitative estimate of drug-likeness (QED) is 0.0671. The fourth-order valence-corrected chi connectivity index (χ4v) is 12.8. The lowest BCUT2D eigenvalue weighted by molar-refractivity contribution is 0.276. The van der Waals surface area contributed by atoms with Crippen LogP contribution in [0.15, 0.2) is 87.7 Å². The molecule has 16 nitrogen and oxygen atoms in total. The first-order valence-corrected chi connectivity index (χ1v) is 28.5. The van der Waals surface area contributed by atoms with Gasteiger partial charge in [-0.15, -0.1) is 0 Å². The molecule has 352 valence electrons. The van der Waals surface area contributed by atoms with Crippen LogP contribution in [0.3, 0.4) is 0 Å². The number of benzene rings is 4. The van der Waals surface area contributed by atoms with Crippen LogP contribution >= 0.6 is 78.3 Å². The van der Waals surface area contributed by atoms with Gasteiger partial charge in [0, 0.05) is 0 Å². The van der Waals surface area contributed by atoms with Crippen molar-refractivity contribution in [1.29, 1.82) is 0 Å². The third kappa shape index (κ3) is 14.1. The van der Waals surface area contributed by atoms with E-state index in [0.717, 1.165) is 47.0 Å². The highest BCUT2D eigenvalue weighted by molar-refractivity contribution is 8.01. The molecular weight excluding hydrogens is 989 g/mol. The number of fused-ring (bicyclic) bond motifs is 8. The van der Waals surface area contributed by atoms with Gasteiger partial charge in [-0.05, 0) is 92.4 Å². The molecule has 1 aliphatic rings. The highest BCUT2D eigenvalue weighted by atomic mass is 32.2. The second kappa shape index (κ2) is 18.2. The predicted octanol–water partition coefficient (Wildman–Crippen LogP) is 11.7. The maximum absolute atomic E-state index is 12.9. The predicted molar refractivity (Wildman–Crippen MR) is 248 cm³/mol. The molecule has 64 heavy (non-hydrogen) atoms. The van der Waals surface area contributed by atoms with Gasteiger partial charge in [0.05, 0.1) is 39.2 Å². The summed E-state index contributed by atoms with van der Waals surface area (Å²) in [7, 11) is -21.6. The zero-order valence-corrected chi connectivity index (χ0v) is 43.7. The molecule has 8 N–H and O–H groups in total. The Morgan fingerprint density at radius 3 is 0.531 bits per heavy atom. The van der Waals surface area contributed by atoms with Crippen molar-refractivity contribution >= 4 is 78.3 Å². The second-order valence-electron chi connectivity index (χ2n) is 18.9. The van der Waals surface area contributed by atoms with E-state index in [1.807, 2.05) is 83.1 Å². The molecule has 0 atom stereocenters. The van der Waals surface area contributed by atoms with E-state index >= 15 is 0 Å². The van der Waals surface area contributed by atoms with Crippen LogP contribution in [0.5, 0.6) is 23.0 Å². The molecule has 8 bridgehead atoms. The Hall–Kier alpha value is -1.92. The topological polar surface area (TPSA) is 267 Å². The molecule has 0 saturated carbocycles. The standard InChI is InChI=1S/C40H52O16P4S4/c1-37(2,3)21-13-25-33(53-57(41,42)43)26(14-21)62-28-16-23(39(7,8)9)18-30(35(28)55-59(47,48)49)64-32-20-24(40(10,11)12)19-31(36(32)56-60(50,51)52)63-29-17-22(38(4,5)6)15-27(61-25)34(29)54-58(44,45)46/h13-20H,1-12H3,(H2,41,42,43)(H2,44,45,46)(H2,47,48,49)(H2,50,51,52). The van der Waals surface area contributed by atoms with E-state index in [4.69, 9.17) is 18.1 Å². The van der Waals surface area contributed by atoms with Crippen LogP contribution in [0.2, 0.25) is 0 Å². The zero-order chi connectivity index (χ0) is 48.6. The van der Waals surface area contributed by atoms with Gasteiger partial charge in [-0.3, -0.25) is 39.1 Å². The summed E-state index contributed by atoms with van der Waals surface area (Å²) in [6.07, 6.45) is 0. The largest absolute Gasteiger partial charge is 0.524 e. The van der Waals surface area contributed by atoms with Crippen LogP contribution in [0.4, 0.5) is 0 Å². The number of phosphoric ester groups is 4. The third-order valence-electron chi connectivity index (χ3n) is 9.27. The van der Waals surface area contributed by atoms with E-state index in [-0.39, 0.29) is 62.2 Å². The van der Waals surface area contributed by atoms with Crippen LogP contribution in [-0.4, -0.2) is 39.1 Å². The molecule has 0 saturated heterocycles. The van der Waals surface area contributed by atoms with Gasteiger partial charge in [-0.1, -0.05) is 130 Å². The number of hydrogen-bond donors (Lipinski definition) is 8. The summed E-state index contributed by atoms with van der Waals surface area (Å²) in [6.45, 7) is 22.6. The fraction of sp³-hybridized carbons (Fsp3) is 0.400. The van der Waals surface area contributed by atoms with Crippen molar-refractivity contribution in [3.63, 3.8) is 0 Å². The molecule has 0 aromatic heterocycles. The van der Waals surface area contributed by atoms with Crippen LogP contribution in [0.1, 0.15) is 105 Å². The molecule has 4 aromatic carbocycles. The highest BCUT2D eigenvalue weighted by Crippen LogP contribution is 2.61. The Balaban J connectivity index is 2.12. The Labute approximate surface area is 389 Å². The van der Waals surface area contributed by atoms with Crippen molar-refractivity contribution in [3.05, 3.63) is 70.8 Å². The van der Waals surface area contributed by atoms with E-state index in [0.29, 0.717) is 22.3 Å². The van der Waals surface area contributed by atoms with Crippen molar-refractivity contribution in [2.24, 2.45) is 0 Å². The summed E-state index contributed by atoms with van der Waals surface area (Å²) in [4.78, 5) is 83.6. The molecule has 24 heteroatoms. The van der Waals surface area contributed by atoms with Gasteiger partial charge < -0.3 is 18.1 Å². The Bertz CT molecular complexity index is 2220. The smallest absolute Gasteiger partial charge is 0.402 e. The Morgan fingerprint density at radius 1 is 0.312 bits per heavy atom. The molecule has 4 aromatic rings. The number of phosphoric acid groups is 4. The van der Waals surface area contributed by atoms with E-state index in [9.17, 15) is 57.4 Å². The molecule has 1 aliphatic heterocycles. The van der Waals surface area contributed by atoms with Crippen molar-refractivity contribution in [3.8, 4) is 23.0 Å². The van der Waals surface area contributed by atoms with Crippen molar-refractivity contribution < 1.29 is 75.5 Å². The summed E-state index contributed by atoms with van der Waals surface area (Å²) in [6, 6.07) is 12.8. The lowest BCUT2D eigenvalue weighted by Crippen LogP contribution is -2.13. The van der Waals surface area contributed by atoms with E-state index in [1.165, 1.54) is 0 Å². The van der Waals surface area contributed by atoms with Gasteiger partial charge in [-0.25, -0.2) is 18.3 Å². The van der Waals surface area contributed by atoms with Gasteiger partial charge in [0.15, 0.2) is 23.0 Å². The second-order valence-corrected chi connectivity index (χ2v) is 27.9. The van der Waals surface area contributed by atoms with Crippen LogP contribution in [0, 0.1) is 0 Å². The fourth-order valence-electron chi connectivity index (χ4n) is 5.95. The van der Waals surface area contributed by atoms with E-state index < -0.39 is 53.0 Å². The summed E-state index contributed by atoms with van der Waals surface area (Å²) in [5.74, 6) is -1.52. The van der Waals surface area contributed by atoms with Gasteiger partial charge in [0.25, 0.3) is 0 Å². The summed E-state index contributed by atoms with van der Waals surface area (Å²) < 4.78 is 73.4. The minimum Gasteiger partial charge on any atom is -0.402 e. The maximum atomic E-state index is 12.9. The van der Waals surface area contributed by atoms with Crippen LogP contribution in [-0.2, 0) is 39.9 Å². The van der Waals surface area contributed by atoms with E-state index in [2.05, 4.69) is 0 Å². The monoisotopic (exact) mass is 1040 g/mol. The summed E-state index contributed by atoms with van der Waals surface area (Å²) in [5, 5.41) is 0. The summed E-state index contributed by atoms with van der Waals surface area (Å²) >= 11 is 3.24. The van der Waals surface area contributed by atoms with E-state index in [1.54, 1.807) is 48.5 Å². The Kier molecular flexibility index (Phi) is 15.1. The van der Waals surface area contributed by atoms with Crippen molar-refractivity contribution in [1.82, 2.24) is 0 Å². The number of rotatable bonds is 8. The zero-order valence-electron chi connectivity index (χ0n) is 36.9. The molecule has 5 rings (SSSR count). The molecule has 0 spiro atoms. The van der Waals surface area contributed by atoms with Gasteiger partial charge in [0.2, 0.25) is 0 Å². The maximum Gasteiger partial charge on any atom is 0.524 e. The van der Waals surface area contributed by atoms with Crippen LogP contribution in [0.25, 0.3) is 0 Å². The molecule has 0 radical (unpaired) electrons. The molecule has 0 aliphatic carbocycles. The van der Waals surface area contributed by atoms with Gasteiger partial charge in [0.1, 0.15) is 0 Å². The Morgan fingerprint density at radius 2 is 0.438 bits per heavy atom. The SMILES string of the molecule is CC(C)(C)c1cc2c(OP(=O)(O)O)c(c1)Sc1cc(C(C)(C)C)cc(c1OP(=O)(O)O)Sc1cc(C(C)(C)C)cc(c1OP(=O)(O)O)Sc1cc(C(C)(C)C)cc(c1OP(=O)(O)O)S2. The van der Waals surface area contributed by atoms with Gasteiger partial charge in [-0.2, -0.15) is 0 Å². The first-order valence-electron chi connectivity index (χ1n) is 19.1. The minimum absolute atomic E-state index is 0.0458. The molecule has 0 fully saturated rings. The average Bonchev–Trinajstić information content (AvgIpc) is 3.05. The van der Waals surface area contributed by atoms with Gasteiger partial charge >= 0.3 is 31.3 Å². The van der Waals surface area contributed by atoms with Crippen molar-refractivity contribution in [2.75, 3.05) is 0 Å². The highest BCUT2D eigenvalue weighted by Gasteiger charge is 2.35. The third-order valence-corrected chi connectivity index (χ3v) is 15.1. The molecular formula is C40H52O16P4S4. The molecule has 0 unspecified atom stereocenters. The number of hydrogen-bond acceptors (Lipinski definition) is 12. The normalized spacial score (nSPS) is 14.6. The minimum atomic E-state index is -5.40. The first kappa shape index (κ1) is 53.0. The van der Waals surface area contributed by atoms with Crippen molar-refractivity contribution in [2.45, 2.75) is 144 Å². The lowest BCUT2D eigenvalue weighted by Gasteiger charge is -2.28. The first-order chi connectivity index (χ1) is 28.7. The van der Waals surface area contributed by atoms with Crippen LogP contribution < -0.4 is 18.1 Å². The average molecular weight is 1040 g/mol. The summed E-state index contributed by atoms with van der Waals surface area (Å²) in [5.41, 5.74) is -0.252.